The van der Waals surface area contributed by atoms with Crippen molar-refractivity contribution >= 4 is 28.9 Å². The normalized spacial score (nSPS) is 16.5. The SMILES string of the molecule is CNC(=S)N(CC(=O)N(c1ccccc1)C1CCCCC1)C(C)C(C)(C)C. The Labute approximate surface area is 170 Å². The molecule has 2 rings (SSSR count). The molecule has 1 amide bonds. The minimum absolute atomic E-state index is 0.0175. The van der Waals surface area contributed by atoms with Crippen molar-refractivity contribution in [1.29, 1.82) is 0 Å². The number of hydrogen-bond acceptors (Lipinski definition) is 2. The number of carbonyl (C=O) groups is 1. The summed E-state index contributed by atoms with van der Waals surface area (Å²) in [4.78, 5) is 17.6. The molecule has 1 N–H and O–H groups in total. The van der Waals surface area contributed by atoms with E-state index in [2.05, 4.69) is 33.0 Å². The molecule has 0 aliphatic heterocycles. The van der Waals surface area contributed by atoms with Crippen LogP contribution in [0, 0.1) is 5.41 Å². The molecule has 0 aromatic heterocycles. The van der Waals surface area contributed by atoms with Crippen LogP contribution < -0.4 is 10.2 Å². The van der Waals surface area contributed by atoms with Crippen LogP contribution in [-0.4, -0.2) is 41.6 Å². The van der Waals surface area contributed by atoms with Gasteiger partial charge in [0, 0.05) is 24.8 Å². The van der Waals surface area contributed by atoms with E-state index in [9.17, 15) is 4.79 Å². The van der Waals surface area contributed by atoms with Crippen LogP contribution >= 0.6 is 12.2 Å². The number of anilines is 1. The van der Waals surface area contributed by atoms with Gasteiger partial charge in [-0.1, -0.05) is 58.2 Å². The molecule has 1 aliphatic rings. The quantitative estimate of drug-likeness (QED) is 0.747. The Morgan fingerprint density at radius 2 is 1.78 bits per heavy atom. The van der Waals surface area contributed by atoms with E-state index in [1.807, 2.05) is 47.2 Å². The summed E-state index contributed by atoms with van der Waals surface area (Å²) >= 11 is 5.54. The molecule has 1 aliphatic carbocycles. The highest BCUT2D eigenvalue weighted by molar-refractivity contribution is 7.80. The summed E-state index contributed by atoms with van der Waals surface area (Å²) in [5.74, 6) is 0.127. The molecular weight excluding hydrogens is 354 g/mol. The second-order valence-corrected chi connectivity index (χ2v) is 9.00. The number of benzene rings is 1. The lowest BCUT2D eigenvalue weighted by Gasteiger charge is -2.41. The van der Waals surface area contributed by atoms with Gasteiger partial charge in [-0.2, -0.15) is 0 Å². The van der Waals surface area contributed by atoms with Gasteiger partial charge in [0.2, 0.25) is 5.91 Å². The summed E-state index contributed by atoms with van der Waals surface area (Å²) in [7, 11) is 1.82. The van der Waals surface area contributed by atoms with Crippen LogP contribution in [-0.2, 0) is 4.79 Å². The van der Waals surface area contributed by atoms with Crippen molar-refractivity contribution in [3.8, 4) is 0 Å². The molecular formula is C22H35N3OS. The van der Waals surface area contributed by atoms with E-state index in [1.165, 1.54) is 19.3 Å². The van der Waals surface area contributed by atoms with Crippen LogP contribution in [0.25, 0.3) is 0 Å². The first kappa shape index (κ1) is 21.7. The Bertz CT molecular complexity index is 620. The number of nitrogens with zero attached hydrogens (tertiary/aromatic N) is 2. The molecule has 0 bridgehead atoms. The topological polar surface area (TPSA) is 35.6 Å². The molecule has 5 heteroatoms. The van der Waals surface area contributed by atoms with Crippen molar-refractivity contribution in [2.24, 2.45) is 5.41 Å². The first-order valence-electron chi connectivity index (χ1n) is 10.1. The molecule has 0 radical (unpaired) electrons. The number of rotatable bonds is 5. The second-order valence-electron chi connectivity index (χ2n) is 8.62. The summed E-state index contributed by atoms with van der Waals surface area (Å²) in [5.41, 5.74) is 1.01. The van der Waals surface area contributed by atoms with E-state index < -0.39 is 0 Å². The summed E-state index contributed by atoms with van der Waals surface area (Å²) < 4.78 is 0. The van der Waals surface area contributed by atoms with Crippen LogP contribution in [0.2, 0.25) is 0 Å². The van der Waals surface area contributed by atoms with Crippen molar-refractivity contribution in [2.45, 2.75) is 71.9 Å². The minimum Gasteiger partial charge on any atom is -0.366 e. The number of thiocarbonyl (C=S) groups is 1. The number of para-hydroxylation sites is 1. The van der Waals surface area contributed by atoms with Gasteiger partial charge in [0.05, 0.1) is 6.54 Å². The lowest BCUT2D eigenvalue weighted by atomic mass is 9.87. The highest BCUT2D eigenvalue weighted by atomic mass is 32.1. The van der Waals surface area contributed by atoms with Crippen LogP contribution in [0.5, 0.6) is 0 Å². The third kappa shape index (κ3) is 5.68. The fourth-order valence-corrected chi connectivity index (χ4v) is 3.93. The summed E-state index contributed by atoms with van der Waals surface area (Å²) in [6.07, 6.45) is 5.80. The first-order valence-corrected chi connectivity index (χ1v) is 10.5. The highest BCUT2D eigenvalue weighted by Crippen LogP contribution is 2.29. The smallest absolute Gasteiger partial charge is 0.246 e. The van der Waals surface area contributed by atoms with Crippen molar-refractivity contribution < 1.29 is 4.79 Å². The summed E-state index contributed by atoms with van der Waals surface area (Å²) in [5, 5.41) is 3.70. The van der Waals surface area contributed by atoms with Gasteiger partial charge in [-0.3, -0.25) is 4.79 Å². The Morgan fingerprint density at radius 3 is 2.30 bits per heavy atom. The Morgan fingerprint density at radius 1 is 1.19 bits per heavy atom. The zero-order valence-electron chi connectivity index (χ0n) is 17.5. The van der Waals surface area contributed by atoms with E-state index >= 15 is 0 Å². The van der Waals surface area contributed by atoms with Crippen molar-refractivity contribution in [3.05, 3.63) is 30.3 Å². The molecule has 1 atom stereocenters. The molecule has 1 unspecified atom stereocenters. The largest absolute Gasteiger partial charge is 0.366 e. The van der Waals surface area contributed by atoms with E-state index in [1.54, 1.807) is 0 Å². The summed E-state index contributed by atoms with van der Waals surface area (Å²) in [6.45, 7) is 8.99. The number of hydrogen-bond donors (Lipinski definition) is 1. The average Bonchev–Trinajstić information content (AvgIpc) is 2.66. The molecule has 4 nitrogen and oxygen atoms in total. The van der Waals surface area contributed by atoms with Gasteiger partial charge in [0.1, 0.15) is 0 Å². The molecule has 0 saturated heterocycles. The minimum atomic E-state index is 0.0175. The van der Waals surface area contributed by atoms with Gasteiger partial charge in [0.25, 0.3) is 0 Å². The fraction of sp³-hybridized carbons (Fsp3) is 0.636. The van der Waals surface area contributed by atoms with Crippen LogP contribution in [0.1, 0.15) is 59.8 Å². The Balaban J connectivity index is 2.28. The lowest BCUT2D eigenvalue weighted by molar-refractivity contribution is -0.120. The molecule has 150 valence electrons. The first-order chi connectivity index (χ1) is 12.8. The van der Waals surface area contributed by atoms with E-state index in [0.29, 0.717) is 11.7 Å². The van der Waals surface area contributed by atoms with Gasteiger partial charge in [-0.25, -0.2) is 0 Å². The van der Waals surface area contributed by atoms with Crippen LogP contribution in [0.3, 0.4) is 0 Å². The molecule has 27 heavy (non-hydrogen) atoms. The zero-order chi connectivity index (χ0) is 20.0. The maximum Gasteiger partial charge on any atom is 0.246 e. The third-order valence-electron chi connectivity index (χ3n) is 5.74. The molecule has 1 fully saturated rings. The lowest BCUT2D eigenvalue weighted by Crippen LogP contribution is -2.54. The van der Waals surface area contributed by atoms with Crippen molar-refractivity contribution in [1.82, 2.24) is 10.2 Å². The van der Waals surface area contributed by atoms with Gasteiger partial charge in [0.15, 0.2) is 5.11 Å². The van der Waals surface area contributed by atoms with E-state index in [4.69, 9.17) is 12.2 Å². The average molecular weight is 390 g/mol. The maximum atomic E-state index is 13.5. The maximum absolute atomic E-state index is 13.5. The van der Waals surface area contributed by atoms with Crippen LogP contribution in [0.15, 0.2) is 30.3 Å². The fourth-order valence-electron chi connectivity index (χ4n) is 3.70. The van der Waals surface area contributed by atoms with Gasteiger partial charge in [-0.05, 0) is 49.5 Å². The van der Waals surface area contributed by atoms with Crippen molar-refractivity contribution in [2.75, 3.05) is 18.5 Å². The Kier molecular flexibility index (Phi) is 7.66. The van der Waals surface area contributed by atoms with Crippen molar-refractivity contribution in [3.63, 3.8) is 0 Å². The second kappa shape index (κ2) is 9.54. The molecule has 1 aromatic rings. The highest BCUT2D eigenvalue weighted by Gasteiger charge is 2.33. The van der Waals surface area contributed by atoms with E-state index in [-0.39, 0.29) is 23.4 Å². The van der Waals surface area contributed by atoms with Gasteiger partial charge >= 0.3 is 0 Å². The number of carbonyl (C=O) groups excluding carboxylic acids is 1. The standard InChI is InChI=1S/C22H35N3OS/c1-17(22(2,3)4)24(21(27)23-5)16-20(26)25(18-12-8-6-9-13-18)19-14-10-7-11-15-19/h6,8-9,12-13,17,19H,7,10-11,14-16H2,1-5H3,(H,23,27). The zero-order valence-corrected chi connectivity index (χ0v) is 18.3. The monoisotopic (exact) mass is 389 g/mol. The third-order valence-corrected chi connectivity index (χ3v) is 6.18. The predicted molar refractivity (Wildman–Crippen MR) is 118 cm³/mol. The number of amides is 1. The van der Waals surface area contributed by atoms with E-state index in [0.717, 1.165) is 18.5 Å². The molecule has 0 heterocycles. The van der Waals surface area contributed by atoms with Crippen LogP contribution in [0.4, 0.5) is 5.69 Å². The number of nitrogens with one attached hydrogen (secondary N) is 1. The molecule has 1 saturated carbocycles. The Hall–Kier alpha value is -1.62. The van der Waals surface area contributed by atoms with Gasteiger partial charge < -0.3 is 15.1 Å². The molecule has 0 spiro atoms. The predicted octanol–water partition coefficient (Wildman–Crippen LogP) is 4.59. The van der Waals surface area contributed by atoms with Gasteiger partial charge in [-0.15, -0.1) is 0 Å². The summed E-state index contributed by atoms with van der Waals surface area (Å²) in [6, 6.07) is 10.5. The molecule has 1 aromatic carbocycles.